The van der Waals surface area contributed by atoms with Gasteiger partial charge in [0.15, 0.2) is 5.82 Å². The second kappa shape index (κ2) is 8.32. The lowest BCUT2D eigenvalue weighted by Crippen LogP contribution is -2.47. The summed E-state index contributed by atoms with van der Waals surface area (Å²) in [5.74, 6) is 0.699. The number of benzene rings is 2. The van der Waals surface area contributed by atoms with Gasteiger partial charge in [-0.1, -0.05) is 55.3 Å². The SMILES string of the molecule is C=C(CCC)C1C(C)=C(C)C(C)=C(C)C1(Oc1nc2ccccc2[nH]1)c1nc2ccccc2[nH]1. The largest absolute Gasteiger partial charge is 0.444 e. The van der Waals surface area contributed by atoms with Crippen LogP contribution in [0.4, 0.5) is 0 Å². The molecule has 0 radical (unpaired) electrons. The van der Waals surface area contributed by atoms with Crippen LogP contribution < -0.4 is 4.74 Å². The Balaban J connectivity index is 1.80. The highest BCUT2D eigenvalue weighted by Gasteiger charge is 2.52. The molecule has 1 aliphatic carbocycles. The molecule has 174 valence electrons. The Hall–Kier alpha value is -3.60. The standard InChI is InChI=1S/C29H32N4O/c1-7-12-17(2)26-20(5)18(3)19(4)21(6)29(26,27-30-22-13-8-9-14-23(22)31-27)34-28-32-24-15-10-11-16-25(24)33-28/h8-11,13-16,26H,2,7,12H2,1,3-6H3,(H,30,31)(H,32,33). The number of allylic oxidation sites excluding steroid dienone is 2. The molecule has 0 aliphatic heterocycles. The van der Waals surface area contributed by atoms with Gasteiger partial charge in [0.1, 0.15) is 0 Å². The zero-order valence-corrected chi connectivity index (χ0v) is 20.6. The summed E-state index contributed by atoms with van der Waals surface area (Å²) < 4.78 is 7.01. The number of H-pyrrole nitrogens is 2. The van der Waals surface area contributed by atoms with E-state index in [2.05, 4.69) is 57.2 Å². The molecule has 2 aromatic carbocycles. The minimum Gasteiger partial charge on any atom is -0.444 e. The van der Waals surface area contributed by atoms with Crippen molar-refractivity contribution < 1.29 is 4.74 Å². The van der Waals surface area contributed by atoms with E-state index in [1.807, 2.05) is 42.5 Å². The van der Waals surface area contributed by atoms with E-state index in [-0.39, 0.29) is 5.92 Å². The molecule has 5 nitrogen and oxygen atoms in total. The van der Waals surface area contributed by atoms with E-state index in [1.54, 1.807) is 0 Å². The minimum atomic E-state index is -0.896. The van der Waals surface area contributed by atoms with Crippen molar-refractivity contribution >= 4 is 22.1 Å². The highest BCUT2D eigenvalue weighted by atomic mass is 16.5. The molecule has 2 atom stereocenters. The average Bonchev–Trinajstić information content (AvgIpc) is 3.45. The third-order valence-electron chi connectivity index (χ3n) is 7.46. The number of ether oxygens (including phenoxy) is 1. The zero-order valence-electron chi connectivity index (χ0n) is 20.6. The van der Waals surface area contributed by atoms with Crippen molar-refractivity contribution in [2.75, 3.05) is 0 Å². The quantitative estimate of drug-likeness (QED) is 0.300. The van der Waals surface area contributed by atoms with E-state index < -0.39 is 5.60 Å². The molecule has 34 heavy (non-hydrogen) atoms. The van der Waals surface area contributed by atoms with Gasteiger partial charge in [0.25, 0.3) is 6.01 Å². The number of hydrogen-bond acceptors (Lipinski definition) is 3. The normalized spacial score (nSPS) is 21.0. The first kappa shape index (κ1) is 22.2. The van der Waals surface area contributed by atoms with Crippen molar-refractivity contribution in [1.29, 1.82) is 0 Å². The van der Waals surface area contributed by atoms with Gasteiger partial charge in [0.2, 0.25) is 5.60 Å². The molecular weight excluding hydrogens is 420 g/mol. The Kier molecular flexibility index (Phi) is 5.43. The molecule has 2 heterocycles. The number of para-hydroxylation sites is 4. The summed E-state index contributed by atoms with van der Waals surface area (Å²) in [7, 11) is 0. The van der Waals surface area contributed by atoms with Gasteiger partial charge in [-0.15, -0.1) is 0 Å². The van der Waals surface area contributed by atoms with Crippen molar-refractivity contribution in [3.63, 3.8) is 0 Å². The summed E-state index contributed by atoms with van der Waals surface area (Å²) in [6, 6.07) is 16.6. The molecule has 5 rings (SSSR count). The summed E-state index contributed by atoms with van der Waals surface area (Å²) in [5.41, 5.74) is 8.86. The third kappa shape index (κ3) is 3.30. The number of imidazole rings is 2. The highest BCUT2D eigenvalue weighted by molar-refractivity contribution is 5.76. The van der Waals surface area contributed by atoms with Crippen LogP contribution in [0.1, 0.15) is 53.3 Å². The molecule has 0 fully saturated rings. The maximum absolute atomic E-state index is 7.01. The summed E-state index contributed by atoms with van der Waals surface area (Å²) >= 11 is 0. The molecule has 2 N–H and O–H groups in total. The molecule has 5 heteroatoms. The number of nitrogens with one attached hydrogen (secondary N) is 2. The van der Waals surface area contributed by atoms with Crippen LogP contribution in [0.15, 0.2) is 83.0 Å². The lowest BCUT2D eigenvalue weighted by atomic mass is 9.65. The predicted octanol–water partition coefficient (Wildman–Crippen LogP) is 7.37. The highest BCUT2D eigenvalue weighted by Crippen LogP contribution is 2.52. The second-order valence-corrected chi connectivity index (χ2v) is 9.40. The summed E-state index contributed by atoms with van der Waals surface area (Å²) in [5, 5.41) is 0. The molecule has 0 saturated heterocycles. The molecule has 0 saturated carbocycles. The Bertz CT molecular complexity index is 1400. The van der Waals surface area contributed by atoms with Gasteiger partial charge < -0.3 is 14.7 Å². The summed E-state index contributed by atoms with van der Waals surface area (Å²) in [4.78, 5) is 16.8. The van der Waals surface area contributed by atoms with Crippen molar-refractivity contribution in [3.8, 4) is 6.01 Å². The van der Waals surface area contributed by atoms with Crippen LogP contribution in [-0.4, -0.2) is 19.9 Å². The van der Waals surface area contributed by atoms with E-state index in [1.165, 1.54) is 16.7 Å². The van der Waals surface area contributed by atoms with Gasteiger partial charge in [-0.3, -0.25) is 0 Å². The van der Waals surface area contributed by atoms with Crippen LogP contribution in [0, 0.1) is 5.92 Å². The van der Waals surface area contributed by atoms with Crippen LogP contribution >= 0.6 is 0 Å². The maximum Gasteiger partial charge on any atom is 0.296 e. The molecule has 2 unspecified atom stereocenters. The van der Waals surface area contributed by atoms with E-state index in [9.17, 15) is 0 Å². The molecule has 4 aromatic rings. The lowest BCUT2D eigenvalue weighted by molar-refractivity contribution is 0.0475. The predicted molar refractivity (Wildman–Crippen MR) is 139 cm³/mol. The van der Waals surface area contributed by atoms with Crippen molar-refractivity contribution in [3.05, 3.63) is 88.8 Å². The average molecular weight is 453 g/mol. The van der Waals surface area contributed by atoms with Gasteiger partial charge in [0.05, 0.1) is 28.0 Å². The topological polar surface area (TPSA) is 66.6 Å². The Morgan fingerprint density at radius 2 is 1.53 bits per heavy atom. The van der Waals surface area contributed by atoms with Gasteiger partial charge in [-0.05, 0) is 75.1 Å². The lowest BCUT2D eigenvalue weighted by Gasteiger charge is -2.45. The third-order valence-corrected chi connectivity index (χ3v) is 7.46. The number of rotatable bonds is 6. The fourth-order valence-corrected chi connectivity index (χ4v) is 5.41. The van der Waals surface area contributed by atoms with E-state index >= 15 is 0 Å². The number of nitrogens with zero attached hydrogens (tertiary/aromatic N) is 2. The van der Waals surface area contributed by atoms with Gasteiger partial charge in [0, 0.05) is 0 Å². The number of aromatic amines is 2. The fraction of sp³-hybridized carbons (Fsp3) is 0.310. The Morgan fingerprint density at radius 3 is 2.15 bits per heavy atom. The number of fused-ring (bicyclic) bond motifs is 2. The second-order valence-electron chi connectivity index (χ2n) is 9.40. The van der Waals surface area contributed by atoms with E-state index in [0.29, 0.717) is 6.01 Å². The van der Waals surface area contributed by atoms with E-state index in [4.69, 9.17) is 14.7 Å². The van der Waals surface area contributed by atoms with Gasteiger partial charge in [-0.25, -0.2) is 4.98 Å². The van der Waals surface area contributed by atoms with Crippen molar-refractivity contribution in [2.45, 2.75) is 53.1 Å². The fourth-order valence-electron chi connectivity index (χ4n) is 5.41. The molecule has 1 aliphatic rings. The molecule has 0 amide bonds. The van der Waals surface area contributed by atoms with Crippen LogP contribution in [-0.2, 0) is 5.60 Å². The Morgan fingerprint density at radius 1 is 0.912 bits per heavy atom. The van der Waals surface area contributed by atoms with E-state index in [0.717, 1.165) is 51.9 Å². The first-order valence-corrected chi connectivity index (χ1v) is 12.0. The molecule has 0 spiro atoms. The first-order valence-electron chi connectivity index (χ1n) is 12.0. The van der Waals surface area contributed by atoms with Crippen molar-refractivity contribution in [2.24, 2.45) is 5.92 Å². The molecular formula is C29H32N4O. The van der Waals surface area contributed by atoms with Crippen LogP contribution in [0.2, 0.25) is 0 Å². The number of hydrogen-bond donors (Lipinski definition) is 2. The van der Waals surface area contributed by atoms with Crippen LogP contribution in [0.5, 0.6) is 6.01 Å². The maximum atomic E-state index is 7.01. The van der Waals surface area contributed by atoms with Crippen LogP contribution in [0.3, 0.4) is 0 Å². The zero-order chi connectivity index (χ0) is 24.0. The summed E-state index contributed by atoms with van der Waals surface area (Å²) in [6.45, 7) is 15.5. The number of aromatic nitrogens is 4. The minimum absolute atomic E-state index is 0.0788. The smallest absolute Gasteiger partial charge is 0.296 e. The monoisotopic (exact) mass is 452 g/mol. The first-order chi connectivity index (χ1) is 16.4. The van der Waals surface area contributed by atoms with Gasteiger partial charge in [-0.2, -0.15) is 4.98 Å². The molecule has 2 aromatic heterocycles. The van der Waals surface area contributed by atoms with Crippen LogP contribution in [0.25, 0.3) is 22.1 Å². The molecule has 0 bridgehead atoms. The van der Waals surface area contributed by atoms with Gasteiger partial charge >= 0.3 is 0 Å². The summed E-state index contributed by atoms with van der Waals surface area (Å²) in [6.07, 6.45) is 1.93. The Labute approximate surface area is 200 Å². The van der Waals surface area contributed by atoms with Crippen molar-refractivity contribution in [1.82, 2.24) is 19.9 Å².